The fraction of sp³-hybridized carbons (Fsp3) is 0.533. The van der Waals surface area contributed by atoms with Crippen LogP contribution in [0.5, 0.6) is 0 Å². The number of carbonyl (C=O) groups excluding carboxylic acids is 1. The van der Waals surface area contributed by atoms with E-state index in [9.17, 15) is 4.79 Å². The van der Waals surface area contributed by atoms with E-state index in [1.165, 1.54) is 0 Å². The maximum atomic E-state index is 12.1. The molecule has 1 unspecified atom stereocenters. The summed E-state index contributed by atoms with van der Waals surface area (Å²) in [7, 11) is 1.67. The first-order valence-corrected chi connectivity index (χ1v) is 6.86. The second kappa shape index (κ2) is 7.87. The topological polar surface area (TPSA) is 67.6 Å². The lowest BCUT2D eigenvalue weighted by atomic mass is 10.2. The van der Waals surface area contributed by atoms with Crippen LogP contribution in [0.2, 0.25) is 0 Å². The number of hydrogen-bond acceptors (Lipinski definition) is 4. The van der Waals surface area contributed by atoms with Crippen molar-refractivity contribution in [2.45, 2.75) is 26.8 Å². The van der Waals surface area contributed by atoms with Gasteiger partial charge in [0, 0.05) is 24.5 Å². The van der Waals surface area contributed by atoms with E-state index in [-0.39, 0.29) is 11.9 Å². The molecule has 0 radical (unpaired) electrons. The number of carbonyl (C=O) groups is 1. The molecule has 5 heteroatoms. The number of nitrogen functional groups attached to an aromatic ring is 1. The number of aryl methyl sites for hydroxylation is 1. The van der Waals surface area contributed by atoms with Gasteiger partial charge in [0.2, 0.25) is 5.91 Å². The number of nitrogens with one attached hydrogen (secondary N) is 1. The van der Waals surface area contributed by atoms with Gasteiger partial charge in [0.25, 0.3) is 0 Å². The van der Waals surface area contributed by atoms with Gasteiger partial charge in [-0.15, -0.1) is 0 Å². The first-order valence-electron chi connectivity index (χ1n) is 6.86. The Morgan fingerprint density at radius 2 is 2.20 bits per heavy atom. The fourth-order valence-electron chi connectivity index (χ4n) is 2.13. The zero-order chi connectivity index (χ0) is 15.1. The van der Waals surface area contributed by atoms with Crippen molar-refractivity contribution in [1.82, 2.24) is 4.90 Å². The molecule has 0 spiro atoms. The third-order valence-electron chi connectivity index (χ3n) is 3.31. The van der Waals surface area contributed by atoms with Crippen LogP contribution in [0.25, 0.3) is 0 Å². The number of nitrogens with zero attached hydrogens (tertiary/aromatic N) is 1. The molecule has 1 aromatic rings. The molecule has 0 fully saturated rings. The molecule has 0 aliphatic carbocycles. The Bertz CT molecular complexity index is 449. The van der Waals surface area contributed by atoms with E-state index in [0.717, 1.165) is 17.8 Å². The van der Waals surface area contributed by atoms with Crippen LogP contribution in [0.4, 0.5) is 11.4 Å². The van der Waals surface area contributed by atoms with Crippen LogP contribution in [-0.4, -0.2) is 43.7 Å². The highest BCUT2D eigenvalue weighted by atomic mass is 16.5. The highest BCUT2D eigenvalue weighted by molar-refractivity contribution is 5.93. The second-order valence-electron chi connectivity index (χ2n) is 4.99. The van der Waals surface area contributed by atoms with Crippen LogP contribution in [-0.2, 0) is 9.53 Å². The number of rotatable bonds is 7. The van der Waals surface area contributed by atoms with Gasteiger partial charge in [-0.05, 0) is 44.2 Å². The lowest BCUT2D eigenvalue weighted by molar-refractivity contribution is -0.118. The number of hydrogen-bond donors (Lipinski definition) is 2. The summed E-state index contributed by atoms with van der Waals surface area (Å²) >= 11 is 0. The van der Waals surface area contributed by atoms with Crippen molar-refractivity contribution in [2.75, 3.05) is 37.9 Å². The van der Waals surface area contributed by atoms with E-state index in [0.29, 0.717) is 18.8 Å². The zero-order valence-corrected chi connectivity index (χ0v) is 12.8. The molecule has 0 saturated heterocycles. The van der Waals surface area contributed by atoms with Crippen LogP contribution in [0.15, 0.2) is 18.2 Å². The number of likely N-dealkylation sites (N-methyl/N-ethyl adjacent to an activating group) is 1. The predicted molar refractivity (Wildman–Crippen MR) is 82.8 cm³/mol. The van der Waals surface area contributed by atoms with Gasteiger partial charge in [0.1, 0.15) is 0 Å². The first kappa shape index (κ1) is 16.5. The molecule has 5 nitrogen and oxygen atoms in total. The predicted octanol–water partition coefficient (Wildman–Crippen LogP) is 1.87. The third kappa shape index (κ3) is 4.83. The van der Waals surface area contributed by atoms with Gasteiger partial charge in [-0.2, -0.15) is 0 Å². The Kier molecular flexibility index (Phi) is 6.48. The molecule has 0 bridgehead atoms. The quantitative estimate of drug-likeness (QED) is 0.748. The van der Waals surface area contributed by atoms with E-state index in [1.54, 1.807) is 13.2 Å². The van der Waals surface area contributed by atoms with Crippen LogP contribution in [0, 0.1) is 6.92 Å². The van der Waals surface area contributed by atoms with Crippen molar-refractivity contribution in [3.8, 4) is 0 Å². The van der Waals surface area contributed by atoms with Gasteiger partial charge in [0.05, 0.1) is 13.2 Å². The van der Waals surface area contributed by atoms with Crippen LogP contribution < -0.4 is 11.1 Å². The summed E-state index contributed by atoms with van der Waals surface area (Å²) in [5.41, 5.74) is 8.17. The van der Waals surface area contributed by atoms with E-state index in [4.69, 9.17) is 10.5 Å². The Hall–Kier alpha value is -1.59. The number of amides is 1. The molecule has 1 amide bonds. The van der Waals surface area contributed by atoms with Crippen LogP contribution in [0.1, 0.15) is 19.4 Å². The minimum absolute atomic E-state index is 0.0253. The van der Waals surface area contributed by atoms with Gasteiger partial charge >= 0.3 is 0 Å². The number of methoxy groups -OCH3 is 1. The van der Waals surface area contributed by atoms with Crippen molar-refractivity contribution in [3.63, 3.8) is 0 Å². The maximum Gasteiger partial charge on any atom is 0.238 e. The molecule has 0 aromatic heterocycles. The zero-order valence-electron chi connectivity index (χ0n) is 12.8. The van der Waals surface area contributed by atoms with Crippen molar-refractivity contribution in [2.24, 2.45) is 0 Å². The number of anilines is 2. The Labute approximate surface area is 121 Å². The molecule has 0 saturated carbocycles. The highest BCUT2D eigenvalue weighted by Crippen LogP contribution is 2.17. The molecular weight excluding hydrogens is 254 g/mol. The van der Waals surface area contributed by atoms with Gasteiger partial charge in [-0.25, -0.2) is 0 Å². The minimum atomic E-state index is -0.0253. The van der Waals surface area contributed by atoms with Crippen LogP contribution in [0.3, 0.4) is 0 Å². The first-order chi connectivity index (χ1) is 9.47. The van der Waals surface area contributed by atoms with Crippen molar-refractivity contribution >= 4 is 17.3 Å². The molecular formula is C15H25N3O2. The van der Waals surface area contributed by atoms with Gasteiger partial charge < -0.3 is 15.8 Å². The number of nitrogens with two attached hydrogens (primary N) is 1. The summed E-state index contributed by atoms with van der Waals surface area (Å²) in [6, 6.07) is 5.68. The SMILES string of the molecule is CCN(CC(=O)Nc1ccc(N)cc1C)C(C)COC. The average Bonchev–Trinajstić information content (AvgIpc) is 2.39. The summed E-state index contributed by atoms with van der Waals surface area (Å²) in [5.74, 6) is -0.0253. The molecule has 1 rings (SSSR count). The van der Waals surface area contributed by atoms with Crippen LogP contribution >= 0.6 is 0 Å². The van der Waals surface area contributed by atoms with Gasteiger partial charge in [-0.1, -0.05) is 6.92 Å². The van der Waals surface area contributed by atoms with E-state index < -0.39 is 0 Å². The van der Waals surface area contributed by atoms with Crippen molar-refractivity contribution < 1.29 is 9.53 Å². The highest BCUT2D eigenvalue weighted by Gasteiger charge is 2.16. The van der Waals surface area contributed by atoms with E-state index in [1.807, 2.05) is 26.0 Å². The summed E-state index contributed by atoms with van der Waals surface area (Å²) in [6.45, 7) is 7.78. The fourth-order valence-corrected chi connectivity index (χ4v) is 2.13. The maximum absolute atomic E-state index is 12.1. The molecule has 1 atom stereocenters. The molecule has 112 valence electrons. The third-order valence-corrected chi connectivity index (χ3v) is 3.31. The smallest absolute Gasteiger partial charge is 0.238 e. The summed E-state index contributed by atoms with van der Waals surface area (Å²) < 4.78 is 5.13. The normalized spacial score (nSPS) is 12.4. The monoisotopic (exact) mass is 279 g/mol. The molecule has 0 aliphatic heterocycles. The summed E-state index contributed by atoms with van der Waals surface area (Å²) in [5, 5.41) is 2.92. The summed E-state index contributed by atoms with van der Waals surface area (Å²) in [4.78, 5) is 14.2. The molecule has 0 aliphatic rings. The number of ether oxygens (including phenoxy) is 1. The molecule has 3 N–H and O–H groups in total. The van der Waals surface area contributed by atoms with Crippen molar-refractivity contribution in [3.05, 3.63) is 23.8 Å². The van der Waals surface area contributed by atoms with E-state index in [2.05, 4.69) is 17.1 Å². The summed E-state index contributed by atoms with van der Waals surface area (Å²) in [6.07, 6.45) is 0. The molecule has 20 heavy (non-hydrogen) atoms. The Morgan fingerprint density at radius 3 is 2.75 bits per heavy atom. The number of benzene rings is 1. The van der Waals surface area contributed by atoms with Gasteiger partial charge in [0.15, 0.2) is 0 Å². The second-order valence-corrected chi connectivity index (χ2v) is 4.99. The largest absolute Gasteiger partial charge is 0.399 e. The van der Waals surface area contributed by atoms with Gasteiger partial charge in [-0.3, -0.25) is 9.69 Å². The Balaban J connectivity index is 2.61. The molecule has 0 heterocycles. The average molecular weight is 279 g/mol. The van der Waals surface area contributed by atoms with E-state index >= 15 is 0 Å². The standard InChI is InChI=1S/C15H25N3O2/c1-5-18(12(3)10-20-4)9-15(19)17-14-7-6-13(16)8-11(14)2/h6-8,12H,5,9-10,16H2,1-4H3,(H,17,19). The van der Waals surface area contributed by atoms with Crippen molar-refractivity contribution in [1.29, 1.82) is 0 Å². The minimum Gasteiger partial charge on any atom is -0.399 e. The Morgan fingerprint density at radius 1 is 1.50 bits per heavy atom. The molecule has 1 aromatic carbocycles. The lowest BCUT2D eigenvalue weighted by Gasteiger charge is -2.26. The lowest BCUT2D eigenvalue weighted by Crippen LogP contribution is -2.41.